The lowest BCUT2D eigenvalue weighted by Crippen LogP contribution is -2.37. The normalized spacial score (nSPS) is 29.4. The van der Waals surface area contributed by atoms with Crippen molar-refractivity contribution >= 4 is 128 Å². The lowest BCUT2D eigenvalue weighted by Gasteiger charge is -2.30. The molecule has 6 aliphatic heterocycles. The fourth-order valence-corrected chi connectivity index (χ4v) is 24.8. The molecule has 14 heterocycles. The first kappa shape index (κ1) is 108. The minimum Gasteiger partial charge on any atom is -0.390 e. The van der Waals surface area contributed by atoms with E-state index in [1.165, 1.54) is 106 Å². The Labute approximate surface area is 812 Å². The molecule has 6 aliphatic rings. The average molecular weight is 2130 g/mol. The number of nitrogens with two attached hydrogens (primary N) is 4. The Bertz CT molecular complexity index is 6310. The van der Waals surface area contributed by atoms with Gasteiger partial charge in [-0.1, -0.05) is 19.2 Å². The van der Waals surface area contributed by atoms with E-state index in [1.807, 2.05) is 0 Å². The van der Waals surface area contributed by atoms with Crippen LogP contribution in [0.2, 0.25) is 0 Å². The molecule has 8 aromatic heterocycles. The minimum atomic E-state index is -5.70. The Morgan fingerprint density at radius 1 is 0.439 bits per heavy atom. The number of aryl methyl sites for hydroxylation is 4. The third kappa shape index (κ3) is 25.6. The summed E-state index contributed by atoms with van der Waals surface area (Å²) in [6.07, 6.45) is -11.8. The molecule has 768 valence electrons. The molecule has 0 radical (unpaired) electrons. The van der Waals surface area contributed by atoms with Crippen LogP contribution < -0.4 is 56.8 Å². The Morgan fingerprint density at radius 3 is 1.30 bits per heavy atom. The van der Waals surface area contributed by atoms with Gasteiger partial charge < -0.3 is 122 Å². The molecule has 8 aromatic rings. The summed E-state index contributed by atoms with van der Waals surface area (Å²) in [7, 11) is 0.190. The molecule has 0 aromatic carbocycles. The molecule has 6 saturated heterocycles. The fraction of sp³-hybridized carbons (Fsp3) is 0.662. The van der Waals surface area contributed by atoms with Crippen LogP contribution in [0.3, 0.4) is 0 Å². The second-order valence-corrected chi connectivity index (χ2v) is 46.7. The maximum atomic E-state index is 15.5. The number of thiol groups is 1. The number of ether oxygens (including phenoxy) is 10. The molecule has 0 aliphatic carbocycles. The van der Waals surface area contributed by atoms with Gasteiger partial charge in [0.2, 0.25) is 0 Å². The number of hydrogen-bond donors (Lipinski definition) is 12. The average Bonchev–Trinajstić information content (AvgIpc) is 1.62. The first-order chi connectivity index (χ1) is 66.0. The number of methoxy groups -OCH3 is 4. The molecule has 0 amide bonds. The highest BCUT2D eigenvalue weighted by Gasteiger charge is 2.56. The molecular formula is C77H113N20O33P5S4. The zero-order valence-corrected chi connectivity index (χ0v) is 84.4. The van der Waals surface area contributed by atoms with Gasteiger partial charge in [0.1, 0.15) is 122 Å². The van der Waals surface area contributed by atoms with E-state index in [4.69, 9.17) is 151 Å². The standard InChI is InChI=1S/C77H113N20O33P5S4/c1-10-46-47(23-54(120-46)93-27-40(4)68(99)90-76(93)103)126-132(107,136)116-29-49-48(24-55(121-49)92-25-38(2)62(78)88-74(92)101)127-133(108,137)118-32-52-59(43(16-12-20-112-7)71(123-52)95-28-41(5)69(100)91-77(95)104)128-131(105,106)115-31-51-61(45(18-14-22-114-9)73(125-51)97-37-87-57-65(81)83-35-85-67(57)97)130-135(110,139)119-33-53-60(44(17-13-21-113-8)72(124-53)94-26-39(3)63(79)89-75(94)102)129-134(109,138)117-30-50-58(98)42(15-11-19-111-6)70(122-50)96-36-86-56-64(80)82-34-84-66(56)96/h25-28,34-37,42-55,58-61,70-73,98H,10-24,29-33H2,1-9H3,(H,105,106)(H,107,136)(H,108,137)(H,109,138)(H,110,139)(H2,78,88,101)(H2,79,89,102)(H2,80,82,84)(H2,81,83,85)(H,90,99,103)(H,91,100,104)/t42-,43-,44-,45-,46+,47?,48?,49+,50+,51+,52+,53+,54+,55+,58?,59?,60?,61?,70+,71+,72+,73+,132?,133?,134?,135?/m0/s1. The number of nitrogen functional groups attached to an aromatic ring is 4. The summed E-state index contributed by atoms with van der Waals surface area (Å²) in [5.41, 5.74) is 21.6. The number of aliphatic hydroxyl groups is 1. The Hall–Kier alpha value is -6.82. The monoisotopic (exact) mass is 2130 g/mol. The van der Waals surface area contributed by atoms with Gasteiger partial charge in [-0.15, -0.1) is 0 Å². The second kappa shape index (κ2) is 46.3. The summed E-state index contributed by atoms with van der Waals surface area (Å²) in [5.74, 6) is -3.96. The van der Waals surface area contributed by atoms with Gasteiger partial charge in [-0.25, -0.2) is 58.2 Å². The molecule has 0 spiro atoms. The molecule has 27 atom stereocenters. The van der Waals surface area contributed by atoms with Crippen molar-refractivity contribution < 1.29 is 126 Å². The topological polar surface area (TPSA) is 691 Å². The van der Waals surface area contributed by atoms with Gasteiger partial charge in [0, 0.05) is 138 Å². The van der Waals surface area contributed by atoms with E-state index >= 15 is 4.57 Å². The zero-order chi connectivity index (χ0) is 100. The van der Waals surface area contributed by atoms with Crippen molar-refractivity contribution in [2.24, 2.45) is 23.7 Å². The number of imidazole rings is 2. The Morgan fingerprint density at radius 2 is 0.813 bits per heavy atom. The predicted octanol–water partition coefficient (Wildman–Crippen LogP) is 3.75. The summed E-state index contributed by atoms with van der Waals surface area (Å²) >= 11 is 21.8. The van der Waals surface area contributed by atoms with Gasteiger partial charge in [0.05, 0.1) is 70.1 Å². The quantitative estimate of drug-likeness (QED) is 0.0147. The Kier molecular flexibility index (Phi) is 35.9. The number of phosphoric ester groups is 1. The SMILES string of the molecule is CC[C@H]1O[C@@H](n2cc(C)c(=O)[nH]c2=O)CC1OP(=O)(S)OC[C@H]1O[C@@H](n2cc(C)c(N)nc2=O)CC1OP(O)(=S)OC[C@H]1O[C@@H](n2cc(C)c(=O)[nH]c2=O)[C@@H](CCCOC)C1OP(=O)(O)OC[C@H]1O[C@@H](n2cnc3c(N)ncnc32)[C@@H](CCCOC)C1OP(O)(=S)OC[C@H]1O[C@@H](n2cc(C)c(N)nc2=O)[C@@H](CCCOC)C1OP(O)(=S)OC[C@H]1O[C@@H](n2cnc3c(N)ncnc32)[C@@H](CCCOC)C1O. The minimum absolute atomic E-state index is 0.0218. The molecule has 0 bridgehead atoms. The van der Waals surface area contributed by atoms with Crippen molar-refractivity contribution in [3.63, 3.8) is 0 Å². The van der Waals surface area contributed by atoms with Crippen molar-refractivity contribution in [1.29, 1.82) is 0 Å². The van der Waals surface area contributed by atoms with E-state index in [1.54, 1.807) is 25.3 Å². The summed E-state index contributed by atoms with van der Waals surface area (Å²) in [6, 6.07) is 0. The summed E-state index contributed by atoms with van der Waals surface area (Å²) in [6.45, 7) is -14.1. The van der Waals surface area contributed by atoms with E-state index in [-0.39, 0.29) is 129 Å². The number of hydrogen-bond acceptors (Lipinski definition) is 44. The third-order valence-electron chi connectivity index (χ3n) is 24.7. The maximum absolute atomic E-state index is 15.5. The molecule has 62 heteroatoms. The predicted molar refractivity (Wildman–Crippen MR) is 504 cm³/mol. The highest BCUT2D eigenvalue weighted by Crippen LogP contribution is 2.61. The molecule has 14 rings (SSSR count). The first-order valence-corrected chi connectivity index (χ1v) is 56.0. The number of H-pyrrole nitrogens is 2. The van der Waals surface area contributed by atoms with E-state index < -0.39 is 236 Å². The summed E-state index contributed by atoms with van der Waals surface area (Å²) in [4.78, 5) is 168. The molecule has 11 unspecified atom stereocenters. The van der Waals surface area contributed by atoms with Crippen molar-refractivity contribution in [2.45, 2.75) is 216 Å². The molecule has 0 saturated carbocycles. The van der Waals surface area contributed by atoms with E-state index in [2.05, 4.69) is 62.1 Å². The summed E-state index contributed by atoms with van der Waals surface area (Å²) in [5, 5.41) is 12.1. The van der Waals surface area contributed by atoms with Crippen LogP contribution in [0.15, 0.2) is 78.9 Å². The number of rotatable bonds is 48. The third-order valence-corrected chi connectivity index (χ3v) is 32.0. The van der Waals surface area contributed by atoms with Crippen LogP contribution in [-0.2, 0) is 137 Å². The second-order valence-electron chi connectivity index (χ2n) is 34.0. The number of aromatic amines is 2. The summed E-state index contributed by atoms with van der Waals surface area (Å²) < 4.78 is 160. The molecule has 53 nitrogen and oxygen atoms in total. The van der Waals surface area contributed by atoms with Gasteiger partial charge in [-0.05, 0) is 121 Å². The van der Waals surface area contributed by atoms with Crippen LogP contribution in [0.1, 0.15) is 137 Å². The number of aromatic nitrogens is 16. The zero-order valence-electron chi connectivity index (χ0n) is 76.6. The number of aliphatic hydroxyl groups excluding tert-OH is 1. The molecular weight excluding hydrogens is 2020 g/mol. The lowest BCUT2D eigenvalue weighted by molar-refractivity contribution is -0.0602. The van der Waals surface area contributed by atoms with Crippen molar-refractivity contribution in [1.82, 2.24) is 77.2 Å². The van der Waals surface area contributed by atoms with E-state index in [9.17, 15) is 58.0 Å². The maximum Gasteiger partial charge on any atom is 0.472 e. The van der Waals surface area contributed by atoms with E-state index in [0.29, 0.717) is 36.2 Å². The largest absolute Gasteiger partial charge is 0.472 e. The van der Waals surface area contributed by atoms with Gasteiger partial charge in [-0.3, -0.25) is 65.1 Å². The van der Waals surface area contributed by atoms with Gasteiger partial charge in [0.25, 0.3) is 11.1 Å². The Balaban J connectivity index is 0.738. The number of nitrogens with one attached hydrogen (secondary N) is 2. The van der Waals surface area contributed by atoms with Gasteiger partial charge in [-0.2, -0.15) is 9.97 Å². The molecule has 15 N–H and O–H groups in total. The van der Waals surface area contributed by atoms with Gasteiger partial charge in [0.15, 0.2) is 22.9 Å². The van der Waals surface area contributed by atoms with Crippen molar-refractivity contribution in [3.05, 3.63) is 135 Å². The number of nitrogens with zero attached hydrogens (tertiary/aromatic N) is 14. The van der Waals surface area contributed by atoms with Crippen LogP contribution in [0.5, 0.6) is 0 Å². The van der Waals surface area contributed by atoms with Crippen LogP contribution in [0.4, 0.5) is 23.3 Å². The van der Waals surface area contributed by atoms with Crippen LogP contribution >= 0.6 is 47.0 Å². The van der Waals surface area contributed by atoms with Crippen LogP contribution in [-0.4, -0.2) is 263 Å². The smallest absolute Gasteiger partial charge is 0.390 e. The van der Waals surface area contributed by atoms with Crippen molar-refractivity contribution in [3.8, 4) is 0 Å². The molecule has 139 heavy (non-hydrogen) atoms. The number of fused-ring (bicyclic) bond motifs is 2. The number of phosphoric acid groups is 1. The number of anilines is 4. The van der Waals surface area contributed by atoms with Gasteiger partial charge >= 0.3 is 57.5 Å². The highest BCUT2D eigenvalue weighted by molar-refractivity contribution is 8.44. The highest BCUT2D eigenvalue weighted by atomic mass is 32.7. The van der Waals surface area contributed by atoms with Crippen LogP contribution in [0.25, 0.3) is 22.3 Å². The molecule has 6 fully saturated rings. The fourth-order valence-electron chi connectivity index (χ4n) is 17.8. The lowest BCUT2D eigenvalue weighted by atomic mass is 9.94. The first-order valence-electron chi connectivity index (χ1n) is 44.1. The van der Waals surface area contributed by atoms with E-state index in [0.717, 1.165) is 9.13 Å². The van der Waals surface area contributed by atoms with Crippen LogP contribution in [0, 0.1) is 51.4 Å². The van der Waals surface area contributed by atoms with Crippen molar-refractivity contribution in [2.75, 3.05) is 111 Å².